The molecule has 138 valence electrons. The van der Waals surface area contributed by atoms with Crippen molar-refractivity contribution in [3.8, 4) is 0 Å². The van der Waals surface area contributed by atoms with Gasteiger partial charge in [0.1, 0.15) is 0 Å². The van der Waals surface area contributed by atoms with Crippen molar-refractivity contribution in [1.82, 2.24) is 14.9 Å². The standard InChI is InChI=1S/C17H24BrN3O3S/c1-11(21(2)13-5-6-13)10-19-17(22)15-9-14(7-8-16(15)18)25(23,24)20-12-3-4-12/h7-9,11-13,20H,3-6,10H2,1-2H3,(H,19,22). The Morgan fingerprint density at radius 1 is 1.32 bits per heavy atom. The number of nitrogens with zero attached hydrogens (tertiary/aromatic N) is 1. The summed E-state index contributed by atoms with van der Waals surface area (Å²) >= 11 is 3.34. The number of benzene rings is 1. The van der Waals surface area contributed by atoms with Crippen LogP contribution in [-0.2, 0) is 10.0 Å². The number of rotatable bonds is 8. The molecule has 1 atom stereocenters. The van der Waals surface area contributed by atoms with E-state index >= 15 is 0 Å². The highest BCUT2D eigenvalue weighted by molar-refractivity contribution is 9.10. The molecule has 0 radical (unpaired) electrons. The summed E-state index contributed by atoms with van der Waals surface area (Å²) in [6.07, 6.45) is 4.17. The monoisotopic (exact) mass is 429 g/mol. The highest BCUT2D eigenvalue weighted by Crippen LogP contribution is 2.27. The van der Waals surface area contributed by atoms with E-state index in [9.17, 15) is 13.2 Å². The van der Waals surface area contributed by atoms with Gasteiger partial charge in [-0.05, 0) is 73.8 Å². The van der Waals surface area contributed by atoms with E-state index in [4.69, 9.17) is 0 Å². The summed E-state index contributed by atoms with van der Waals surface area (Å²) in [7, 11) is -1.51. The van der Waals surface area contributed by atoms with Crippen LogP contribution in [-0.4, -0.2) is 50.9 Å². The molecule has 0 heterocycles. The van der Waals surface area contributed by atoms with Crippen molar-refractivity contribution in [3.05, 3.63) is 28.2 Å². The van der Waals surface area contributed by atoms with Crippen LogP contribution in [0.2, 0.25) is 0 Å². The molecule has 0 saturated heterocycles. The van der Waals surface area contributed by atoms with Gasteiger partial charge in [-0.15, -0.1) is 0 Å². The summed E-state index contributed by atoms with van der Waals surface area (Å²) in [6, 6.07) is 5.44. The van der Waals surface area contributed by atoms with Crippen molar-refractivity contribution in [1.29, 1.82) is 0 Å². The molecule has 0 aliphatic heterocycles. The largest absolute Gasteiger partial charge is 0.350 e. The van der Waals surface area contributed by atoms with Crippen LogP contribution >= 0.6 is 15.9 Å². The van der Waals surface area contributed by atoms with E-state index in [0.29, 0.717) is 22.6 Å². The molecule has 0 bridgehead atoms. The van der Waals surface area contributed by atoms with E-state index in [1.807, 2.05) is 0 Å². The molecule has 1 aromatic rings. The Balaban J connectivity index is 1.67. The third kappa shape index (κ3) is 4.81. The van der Waals surface area contributed by atoms with Crippen LogP contribution in [0.4, 0.5) is 0 Å². The normalized spacial score (nSPS) is 19.0. The number of hydrogen-bond acceptors (Lipinski definition) is 4. The number of amides is 1. The van der Waals surface area contributed by atoms with Crippen LogP contribution in [0, 0.1) is 0 Å². The van der Waals surface area contributed by atoms with Gasteiger partial charge in [-0.25, -0.2) is 13.1 Å². The van der Waals surface area contributed by atoms with Crippen molar-refractivity contribution in [2.45, 2.75) is 55.6 Å². The van der Waals surface area contributed by atoms with Crippen molar-refractivity contribution < 1.29 is 13.2 Å². The lowest BCUT2D eigenvalue weighted by atomic mass is 10.2. The second-order valence-electron chi connectivity index (χ2n) is 6.99. The minimum Gasteiger partial charge on any atom is -0.350 e. The van der Waals surface area contributed by atoms with Gasteiger partial charge in [0.25, 0.3) is 5.91 Å². The van der Waals surface area contributed by atoms with Crippen LogP contribution in [0.15, 0.2) is 27.6 Å². The molecular formula is C17H24BrN3O3S. The number of halogens is 1. The topological polar surface area (TPSA) is 78.5 Å². The van der Waals surface area contributed by atoms with Gasteiger partial charge in [-0.1, -0.05) is 0 Å². The molecule has 8 heteroatoms. The van der Waals surface area contributed by atoms with Crippen molar-refractivity contribution in [2.75, 3.05) is 13.6 Å². The van der Waals surface area contributed by atoms with Crippen LogP contribution in [0.3, 0.4) is 0 Å². The number of nitrogens with one attached hydrogen (secondary N) is 2. The molecule has 6 nitrogen and oxygen atoms in total. The molecule has 1 aromatic carbocycles. The summed E-state index contributed by atoms with van der Waals surface area (Å²) in [6.45, 7) is 2.60. The van der Waals surface area contributed by atoms with Gasteiger partial charge < -0.3 is 5.32 Å². The van der Waals surface area contributed by atoms with Gasteiger partial charge >= 0.3 is 0 Å². The van der Waals surface area contributed by atoms with Crippen LogP contribution in [0.25, 0.3) is 0 Å². The Morgan fingerprint density at radius 2 is 2.00 bits per heavy atom. The zero-order chi connectivity index (χ0) is 18.2. The quantitative estimate of drug-likeness (QED) is 0.662. The molecule has 2 aliphatic carbocycles. The van der Waals surface area contributed by atoms with Gasteiger partial charge in [0, 0.05) is 29.1 Å². The number of sulfonamides is 1. The van der Waals surface area contributed by atoms with Crippen LogP contribution in [0.1, 0.15) is 43.0 Å². The predicted octanol–water partition coefficient (Wildman–Crippen LogP) is 2.10. The lowest BCUT2D eigenvalue weighted by molar-refractivity contribution is 0.0938. The fourth-order valence-electron chi connectivity index (χ4n) is 2.66. The molecule has 3 rings (SSSR count). The summed E-state index contributed by atoms with van der Waals surface area (Å²) in [5.74, 6) is -0.272. The van der Waals surface area contributed by atoms with Crippen LogP contribution < -0.4 is 10.0 Å². The van der Waals surface area contributed by atoms with Gasteiger partial charge in [0.15, 0.2) is 0 Å². The highest BCUT2D eigenvalue weighted by atomic mass is 79.9. The molecule has 2 saturated carbocycles. The first kappa shape index (κ1) is 18.8. The Hall–Kier alpha value is -0.960. The molecule has 0 aromatic heterocycles. The molecule has 2 N–H and O–H groups in total. The first-order valence-corrected chi connectivity index (χ1v) is 10.9. The number of carbonyl (C=O) groups excluding carboxylic acids is 1. The zero-order valence-electron chi connectivity index (χ0n) is 14.5. The third-order valence-electron chi connectivity index (χ3n) is 4.77. The predicted molar refractivity (Wildman–Crippen MR) is 100 cm³/mol. The molecule has 2 fully saturated rings. The second kappa shape index (κ2) is 7.34. The first-order chi connectivity index (χ1) is 11.8. The SMILES string of the molecule is CC(CNC(=O)c1cc(S(=O)(=O)NC2CC2)ccc1Br)N(C)C1CC1. The fourth-order valence-corrected chi connectivity index (χ4v) is 4.41. The summed E-state index contributed by atoms with van der Waals surface area (Å²) in [5, 5.41) is 2.91. The Morgan fingerprint density at radius 3 is 2.60 bits per heavy atom. The average molecular weight is 430 g/mol. The van der Waals surface area contributed by atoms with Gasteiger partial charge in [0.05, 0.1) is 10.5 Å². The smallest absolute Gasteiger partial charge is 0.252 e. The van der Waals surface area contributed by atoms with Crippen molar-refractivity contribution in [3.63, 3.8) is 0 Å². The molecule has 1 amide bonds. The minimum absolute atomic E-state index is 0.0322. The van der Waals surface area contributed by atoms with E-state index in [-0.39, 0.29) is 22.9 Å². The number of hydrogen-bond donors (Lipinski definition) is 2. The third-order valence-corrected chi connectivity index (χ3v) is 6.98. The summed E-state index contributed by atoms with van der Waals surface area (Å²) in [5.41, 5.74) is 0.333. The highest BCUT2D eigenvalue weighted by Gasteiger charge is 2.30. The maximum atomic E-state index is 12.5. The van der Waals surface area contributed by atoms with E-state index in [1.54, 1.807) is 6.07 Å². The maximum absolute atomic E-state index is 12.5. The summed E-state index contributed by atoms with van der Waals surface area (Å²) < 4.78 is 27.9. The Labute approximate surface area is 157 Å². The van der Waals surface area contributed by atoms with E-state index in [1.165, 1.54) is 25.0 Å². The number of carbonyl (C=O) groups is 1. The Bertz CT molecular complexity index is 760. The van der Waals surface area contributed by atoms with Crippen molar-refractivity contribution in [2.24, 2.45) is 0 Å². The average Bonchev–Trinajstić information content (AvgIpc) is 3.45. The maximum Gasteiger partial charge on any atom is 0.252 e. The molecule has 25 heavy (non-hydrogen) atoms. The lowest BCUT2D eigenvalue weighted by Crippen LogP contribution is -2.41. The molecular weight excluding hydrogens is 406 g/mol. The number of likely N-dealkylation sites (N-methyl/N-ethyl adjacent to an activating group) is 1. The van der Waals surface area contributed by atoms with E-state index in [2.05, 4.69) is 44.8 Å². The molecule has 2 aliphatic rings. The van der Waals surface area contributed by atoms with Crippen molar-refractivity contribution >= 4 is 31.9 Å². The van der Waals surface area contributed by atoms with Gasteiger partial charge in [-0.2, -0.15) is 0 Å². The van der Waals surface area contributed by atoms with Gasteiger partial charge in [0.2, 0.25) is 10.0 Å². The zero-order valence-corrected chi connectivity index (χ0v) is 16.9. The van der Waals surface area contributed by atoms with E-state index < -0.39 is 10.0 Å². The Kier molecular flexibility index (Phi) is 5.53. The molecule has 1 unspecified atom stereocenters. The molecule has 0 spiro atoms. The van der Waals surface area contributed by atoms with E-state index in [0.717, 1.165) is 12.8 Å². The van der Waals surface area contributed by atoms with Crippen LogP contribution in [0.5, 0.6) is 0 Å². The second-order valence-corrected chi connectivity index (χ2v) is 9.56. The van der Waals surface area contributed by atoms with Gasteiger partial charge in [-0.3, -0.25) is 9.69 Å². The summed E-state index contributed by atoms with van der Waals surface area (Å²) in [4.78, 5) is 14.9. The fraction of sp³-hybridized carbons (Fsp3) is 0.588. The minimum atomic E-state index is -3.58. The lowest BCUT2D eigenvalue weighted by Gasteiger charge is -2.24. The first-order valence-electron chi connectivity index (χ1n) is 8.60.